The molecule has 0 radical (unpaired) electrons. The van der Waals surface area contributed by atoms with Crippen LogP contribution < -0.4 is 0 Å². The maximum atomic E-state index is 5.77. The van der Waals surface area contributed by atoms with E-state index in [1.54, 1.807) is 11.2 Å². The molecule has 40 valence electrons. The predicted octanol–water partition coefficient (Wildman–Crippen LogP) is 2.08. The van der Waals surface area contributed by atoms with Crippen LogP contribution in [0.25, 0.3) is 0 Å². The number of halogens is 1. The van der Waals surface area contributed by atoms with Crippen LogP contribution in [-0.2, 0) is 0 Å². The molecule has 0 aliphatic carbocycles. The lowest BCUT2D eigenvalue weighted by Crippen LogP contribution is -1.45. The lowest BCUT2D eigenvalue weighted by molar-refractivity contribution is 1.61. The maximum Gasteiger partial charge on any atom is 0.0554 e. The third kappa shape index (κ3) is 124. The zero-order chi connectivity index (χ0) is 6.12. The second kappa shape index (κ2) is 17.0. The average molecular weight is 136 g/mol. The van der Waals surface area contributed by atoms with Crippen LogP contribution in [0, 0.1) is 5.41 Å². The van der Waals surface area contributed by atoms with E-state index in [2.05, 4.69) is 18.8 Å². The molecular formula is C4H6ClNS. The van der Waals surface area contributed by atoms with Crippen molar-refractivity contribution in [2.75, 3.05) is 5.88 Å². The number of hydrogen-bond acceptors (Lipinski definition) is 2. The largest absolute Gasteiger partial charge is 0.248 e. The van der Waals surface area contributed by atoms with Gasteiger partial charge in [0, 0.05) is 5.88 Å². The van der Waals surface area contributed by atoms with Gasteiger partial charge in [-0.25, -0.2) is 5.41 Å². The van der Waals surface area contributed by atoms with Gasteiger partial charge in [0.2, 0.25) is 0 Å². The lowest BCUT2D eigenvalue weighted by Gasteiger charge is -1.55. The van der Waals surface area contributed by atoms with Crippen LogP contribution >= 0.6 is 23.8 Å². The van der Waals surface area contributed by atoms with Crippen LogP contribution in [0.4, 0.5) is 0 Å². The average Bonchev–Trinajstić information content (AvgIpc) is 1.69. The molecule has 3 heteroatoms. The minimum atomic E-state index is 0.556. The third-order valence-corrected chi connectivity index (χ3v) is 0.327. The molecule has 0 aromatic heterocycles. The Kier molecular flexibility index (Phi) is 24.1. The van der Waals surface area contributed by atoms with E-state index in [9.17, 15) is 0 Å². The van der Waals surface area contributed by atoms with Gasteiger partial charge in [0.25, 0.3) is 0 Å². The standard InChI is InChI=1S/C3H5Cl.CHNS/c1-2-3-4;2-1-3/h2H,1,3H2;2H. The summed E-state index contributed by atoms with van der Waals surface area (Å²) in [5.41, 5.74) is 0. The zero-order valence-corrected chi connectivity index (χ0v) is 5.35. The SMILES string of the molecule is C=CCCl.N=C=S. The minimum Gasteiger partial charge on any atom is -0.248 e. The minimum absolute atomic E-state index is 0.556. The molecule has 0 atom stereocenters. The number of allylic oxidation sites excluding steroid dienone is 1. The van der Waals surface area contributed by atoms with Crippen molar-refractivity contribution < 1.29 is 0 Å². The van der Waals surface area contributed by atoms with Gasteiger partial charge in [-0.15, -0.1) is 18.2 Å². The van der Waals surface area contributed by atoms with Crippen LogP contribution in [0.5, 0.6) is 0 Å². The summed E-state index contributed by atoms with van der Waals surface area (Å²) in [5.74, 6) is 0.556. The summed E-state index contributed by atoms with van der Waals surface area (Å²) in [7, 11) is 0. The van der Waals surface area contributed by atoms with E-state index >= 15 is 0 Å². The topological polar surface area (TPSA) is 23.9 Å². The van der Waals surface area contributed by atoms with Crippen molar-refractivity contribution in [2.45, 2.75) is 0 Å². The van der Waals surface area contributed by atoms with Gasteiger partial charge in [0.05, 0.1) is 5.16 Å². The molecule has 0 bridgehead atoms. The molecular weight excluding hydrogens is 130 g/mol. The van der Waals surface area contributed by atoms with Gasteiger partial charge < -0.3 is 0 Å². The number of thiocarbonyl (C=S) groups is 1. The molecule has 0 saturated heterocycles. The first-order valence-electron chi connectivity index (χ1n) is 1.54. The highest BCUT2D eigenvalue weighted by Gasteiger charge is 1.48. The van der Waals surface area contributed by atoms with Crippen molar-refractivity contribution in [2.24, 2.45) is 0 Å². The van der Waals surface area contributed by atoms with E-state index in [0.29, 0.717) is 5.88 Å². The molecule has 0 aromatic carbocycles. The van der Waals surface area contributed by atoms with Gasteiger partial charge in [-0.3, -0.25) is 0 Å². The molecule has 1 nitrogen and oxygen atoms in total. The summed E-state index contributed by atoms with van der Waals surface area (Å²) >= 11 is 8.88. The van der Waals surface area contributed by atoms with Crippen molar-refractivity contribution in [3.63, 3.8) is 0 Å². The second-order valence-corrected chi connectivity index (χ2v) is 1.06. The zero-order valence-electron chi connectivity index (χ0n) is 3.78. The summed E-state index contributed by atoms with van der Waals surface area (Å²) < 4.78 is 0. The summed E-state index contributed by atoms with van der Waals surface area (Å²) in [6.07, 6.45) is 1.64. The van der Waals surface area contributed by atoms with Gasteiger partial charge in [0.15, 0.2) is 0 Å². The van der Waals surface area contributed by atoms with Gasteiger partial charge in [0.1, 0.15) is 0 Å². The fourth-order valence-electron chi connectivity index (χ4n) is 0. The molecule has 0 saturated carbocycles. The van der Waals surface area contributed by atoms with Gasteiger partial charge >= 0.3 is 0 Å². The van der Waals surface area contributed by atoms with Crippen molar-refractivity contribution in [1.82, 2.24) is 0 Å². The molecule has 0 heterocycles. The van der Waals surface area contributed by atoms with E-state index in [1.165, 1.54) is 0 Å². The van der Waals surface area contributed by atoms with E-state index in [0.717, 1.165) is 0 Å². The first-order chi connectivity index (χ1) is 3.33. The first kappa shape index (κ1) is 9.95. The maximum absolute atomic E-state index is 5.77. The number of isothiocyanates is 1. The second-order valence-electron chi connectivity index (χ2n) is 0.545. The van der Waals surface area contributed by atoms with Gasteiger partial charge in [-0.05, 0) is 12.2 Å². The third-order valence-electron chi connectivity index (χ3n) is 0.109. The van der Waals surface area contributed by atoms with E-state index in [1.807, 2.05) is 0 Å². The first-order valence-corrected chi connectivity index (χ1v) is 2.48. The molecule has 0 aliphatic rings. The smallest absolute Gasteiger partial charge is 0.0554 e. The van der Waals surface area contributed by atoms with E-state index in [-0.39, 0.29) is 0 Å². The Morgan fingerprint density at radius 1 is 2.00 bits per heavy atom. The van der Waals surface area contributed by atoms with E-state index in [4.69, 9.17) is 17.0 Å². The summed E-state index contributed by atoms with van der Waals surface area (Å²) in [5, 5.41) is 7.36. The monoisotopic (exact) mass is 135 g/mol. The number of nitrogens with one attached hydrogen (secondary N) is 1. The Bertz CT molecular complexity index is 66.1. The van der Waals surface area contributed by atoms with Crippen molar-refractivity contribution in [3.8, 4) is 0 Å². The predicted molar refractivity (Wildman–Crippen MR) is 36.2 cm³/mol. The molecule has 7 heavy (non-hydrogen) atoms. The molecule has 0 aliphatic heterocycles. The van der Waals surface area contributed by atoms with Crippen LogP contribution in [0.3, 0.4) is 0 Å². The normalized spacial score (nSPS) is 4.71. The fraction of sp³-hybridized carbons (Fsp3) is 0.250. The molecule has 0 amide bonds. The number of hydrogen-bond donors (Lipinski definition) is 1. The van der Waals surface area contributed by atoms with Crippen molar-refractivity contribution >= 4 is 29.0 Å². The van der Waals surface area contributed by atoms with Crippen molar-refractivity contribution in [1.29, 1.82) is 5.41 Å². The Hall–Kier alpha value is -0.170. The van der Waals surface area contributed by atoms with Crippen LogP contribution in [-0.4, -0.2) is 11.0 Å². The van der Waals surface area contributed by atoms with Crippen LogP contribution in [0.15, 0.2) is 12.7 Å². The summed E-state index contributed by atoms with van der Waals surface area (Å²) in [4.78, 5) is 0. The quantitative estimate of drug-likeness (QED) is 0.253. The molecule has 0 unspecified atom stereocenters. The fourth-order valence-corrected chi connectivity index (χ4v) is 0. The number of alkyl halides is 1. The van der Waals surface area contributed by atoms with Gasteiger partial charge in [-0.2, -0.15) is 0 Å². The molecule has 0 spiro atoms. The molecule has 0 rings (SSSR count). The Balaban J connectivity index is 0. The van der Waals surface area contributed by atoms with Crippen LogP contribution in [0.1, 0.15) is 0 Å². The summed E-state index contributed by atoms with van der Waals surface area (Å²) in [6.45, 7) is 3.35. The Morgan fingerprint density at radius 2 is 2.14 bits per heavy atom. The summed E-state index contributed by atoms with van der Waals surface area (Å²) in [6, 6.07) is 0. The van der Waals surface area contributed by atoms with Crippen molar-refractivity contribution in [3.05, 3.63) is 12.7 Å². The Morgan fingerprint density at radius 3 is 2.14 bits per heavy atom. The Labute approximate surface area is 53.5 Å². The van der Waals surface area contributed by atoms with E-state index < -0.39 is 0 Å². The van der Waals surface area contributed by atoms with Crippen LogP contribution in [0.2, 0.25) is 0 Å². The highest BCUT2D eigenvalue weighted by molar-refractivity contribution is 7.78. The van der Waals surface area contributed by atoms with Gasteiger partial charge in [-0.1, -0.05) is 6.08 Å². The molecule has 0 fully saturated rings. The molecule has 0 aromatic rings. The highest BCUT2D eigenvalue weighted by Crippen LogP contribution is 1.67. The number of rotatable bonds is 1. The lowest BCUT2D eigenvalue weighted by atomic mass is 10.8. The molecule has 1 N–H and O–H groups in total. The highest BCUT2D eigenvalue weighted by atomic mass is 35.5.